The van der Waals surface area contributed by atoms with E-state index >= 15 is 0 Å². The van der Waals surface area contributed by atoms with Gasteiger partial charge in [-0.15, -0.1) is 0 Å². The van der Waals surface area contributed by atoms with Crippen molar-refractivity contribution in [3.05, 3.63) is 0 Å². The van der Waals surface area contributed by atoms with Crippen LogP contribution in [0.1, 0.15) is 33.6 Å². The topological polar surface area (TPSA) is 78.4 Å². The number of amides is 2. The highest BCUT2D eigenvalue weighted by atomic mass is 32.2. The minimum Gasteiger partial charge on any atom is -0.396 e. The molecular weight excluding hydrogens is 264 g/mol. The third-order valence-corrected chi connectivity index (χ3v) is 3.40. The lowest BCUT2D eigenvalue weighted by molar-refractivity contribution is -0.128. The lowest BCUT2D eigenvalue weighted by Crippen LogP contribution is -2.37. The third kappa shape index (κ3) is 10.8. The van der Waals surface area contributed by atoms with Gasteiger partial charge in [0.1, 0.15) is 0 Å². The number of thioether (sulfide) groups is 1. The first-order chi connectivity index (χ1) is 8.88. The van der Waals surface area contributed by atoms with E-state index in [1.54, 1.807) is 11.8 Å². The summed E-state index contributed by atoms with van der Waals surface area (Å²) in [7, 11) is 0. The van der Waals surface area contributed by atoms with Crippen LogP contribution >= 0.6 is 11.8 Å². The fraction of sp³-hybridized carbons (Fsp3) is 0.846. The maximum absolute atomic E-state index is 11.5. The molecule has 0 radical (unpaired) electrons. The molecule has 5 nitrogen and oxygen atoms in total. The molecule has 0 bridgehead atoms. The molecular formula is C13H26N2O3S. The van der Waals surface area contributed by atoms with E-state index in [0.717, 1.165) is 17.9 Å². The quantitative estimate of drug-likeness (QED) is 0.548. The molecule has 0 aromatic carbocycles. The van der Waals surface area contributed by atoms with Crippen LogP contribution in [0.25, 0.3) is 0 Å². The second kappa shape index (κ2) is 10.1. The molecule has 0 aliphatic heterocycles. The second-order valence-electron chi connectivity index (χ2n) is 5.30. The summed E-state index contributed by atoms with van der Waals surface area (Å²) in [5.41, 5.74) is -0.417. The van der Waals surface area contributed by atoms with Gasteiger partial charge in [-0.25, -0.2) is 0 Å². The Bertz CT molecular complexity index is 278. The molecule has 0 aliphatic carbocycles. The molecule has 0 saturated carbocycles. The van der Waals surface area contributed by atoms with Crippen molar-refractivity contribution in [1.82, 2.24) is 10.6 Å². The first kappa shape index (κ1) is 18.2. The summed E-state index contributed by atoms with van der Waals surface area (Å²) in [5.74, 6) is 1.67. The Hall–Kier alpha value is -0.750. The molecule has 2 amide bonds. The van der Waals surface area contributed by atoms with Gasteiger partial charge in [-0.3, -0.25) is 9.59 Å². The van der Waals surface area contributed by atoms with Gasteiger partial charge in [0.05, 0.1) is 0 Å². The molecule has 0 rings (SSSR count). The molecule has 0 aromatic heterocycles. The highest BCUT2D eigenvalue weighted by Crippen LogP contribution is 2.11. The van der Waals surface area contributed by atoms with Gasteiger partial charge in [-0.2, -0.15) is 11.8 Å². The summed E-state index contributed by atoms with van der Waals surface area (Å²) >= 11 is 1.71. The number of carbonyl (C=O) groups excluding carboxylic acids is 2. The van der Waals surface area contributed by atoms with Gasteiger partial charge in [-0.05, 0) is 12.2 Å². The molecule has 0 fully saturated rings. The number of rotatable bonds is 9. The van der Waals surface area contributed by atoms with Crippen molar-refractivity contribution in [2.24, 2.45) is 5.41 Å². The average Bonchev–Trinajstić information content (AvgIpc) is 2.32. The normalized spacial score (nSPS) is 11.2. The molecule has 0 spiro atoms. The van der Waals surface area contributed by atoms with E-state index in [-0.39, 0.29) is 18.4 Å². The monoisotopic (exact) mass is 290 g/mol. The minimum atomic E-state index is -0.417. The van der Waals surface area contributed by atoms with Crippen LogP contribution in [0.3, 0.4) is 0 Å². The van der Waals surface area contributed by atoms with Gasteiger partial charge in [-0.1, -0.05) is 20.8 Å². The van der Waals surface area contributed by atoms with Crippen molar-refractivity contribution >= 4 is 23.6 Å². The largest absolute Gasteiger partial charge is 0.396 e. The molecule has 0 aromatic rings. The highest BCUT2D eigenvalue weighted by molar-refractivity contribution is 7.99. The van der Waals surface area contributed by atoms with Crippen LogP contribution in [0.5, 0.6) is 0 Å². The lowest BCUT2D eigenvalue weighted by atomic mass is 9.96. The van der Waals surface area contributed by atoms with E-state index in [2.05, 4.69) is 10.6 Å². The summed E-state index contributed by atoms with van der Waals surface area (Å²) in [6.45, 7) is 6.73. The van der Waals surface area contributed by atoms with Crippen molar-refractivity contribution in [2.45, 2.75) is 33.6 Å². The lowest BCUT2D eigenvalue weighted by Gasteiger charge is -2.17. The Labute approximate surface area is 119 Å². The molecule has 0 heterocycles. The predicted molar refractivity (Wildman–Crippen MR) is 79.1 cm³/mol. The number of aliphatic hydroxyl groups excluding tert-OH is 1. The van der Waals surface area contributed by atoms with Gasteiger partial charge in [0.2, 0.25) is 11.8 Å². The summed E-state index contributed by atoms with van der Waals surface area (Å²) in [4.78, 5) is 23.0. The van der Waals surface area contributed by atoms with E-state index in [0.29, 0.717) is 19.5 Å². The SMILES string of the molecule is CC(C)(C)C(=O)NCCC(=O)NCCSCCCO. The fourth-order valence-corrected chi connectivity index (χ4v) is 1.96. The summed E-state index contributed by atoms with van der Waals surface area (Å²) < 4.78 is 0. The predicted octanol–water partition coefficient (Wildman–Crippen LogP) is 0.771. The van der Waals surface area contributed by atoms with Gasteiger partial charge in [0.25, 0.3) is 0 Å². The number of hydrogen-bond acceptors (Lipinski definition) is 4. The van der Waals surface area contributed by atoms with Crippen molar-refractivity contribution < 1.29 is 14.7 Å². The van der Waals surface area contributed by atoms with Gasteiger partial charge < -0.3 is 15.7 Å². The number of hydrogen-bond donors (Lipinski definition) is 3. The van der Waals surface area contributed by atoms with E-state index in [4.69, 9.17) is 5.11 Å². The average molecular weight is 290 g/mol. The first-order valence-corrected chi connectivity index (χ1v) is 7.77. The summed E-state index contributed by atoms with van der Waals surface area (Å²) in [5, 5.41) is 14.1. The van der Waals surface area contributed by atoms with Crippen LogP contribution in [-0.4, -0.2) is 48.1 Å². The summed E-state index contributed by atoms with van der Waals surface area (Å²) in [6, 6.07) is 0. The van der Waals surface area contributed by atoms with Crippen LogP contribution in [0.4, 0.5) is 0 Å². The molecule has 0 saturated heterocycles. The molecule has 0 atom stereocenters. The maximum atomic E-state index is 11.5. The van der Waals surface area contributed by atoms with Crippen LogP contribution in [0.2, 0.25) is 0 Å². The Morgan fingerprint density at radius 3 is 2.37 bits per heavy atom. The molecule has 19 heavy (non-hydrogen) atoms. The molecule has 6 heteroatoms. The molecule has 0 unspecified atom stereocenters. The maximum Gasteiger partial charge on any atom is 0.225 e. The zero-order chi connectivity index (χ0) is 14.7. The zero-order valence-corrected chi connectivity index (χ0v) is 12.9. The third-order valence-electron chi connectivity index (χ3n) is 2.33. The highest BCUT2D eigenvalue weighted by Gasteiger charge is 2.20. The van der Waals surface area contributed by atoms with Gasteiger partial charge in [0.15, 0.2) is 0 Å². The minimum absolute atomic E-state index is 0.0418. The Kier molecular flexibility index (Phi) is 9.69. The van der Waals surface area contributed by atoms with Crippen LogP contribution in [0.15, 0.2) is 0 Å². The van der Waals surface area contributed by atoms with Crippen molar-refractivity contribution in [3.8, 4) is 0 Å². The van der Waals surface area contributed by atoms with Crippen LogP contribution in [0, 0.1) is 5.41 Å². The standard InChI is InChI=1S/C13H26N2O3S/c1-13(2,3)12(18)15-6-5-11(17)14-7-10-19-9-4-8-16/h16H,4-10H2,1-3H3,(H,14,17)(H,15,18). The van der Waals surface area contributed by atoms with E-state index < -0.39 is 5.41 Å². The Balaban J connectivity index is 3.48. The van der Waals surface area contributed by atoms with E-state index in [1.807, 2.05) is 20.8 Å². The van der Waals surface area contributed by atoms with Crippen LogP contribution < -0.4 is 10.6 Å². The molecule has 3 N–H and O–H groups in total. The number of carbonyl (C=O) groups is 2. The summed E-state index contributed by atoms with van der Waals surface area (Å²) in [6.07, 6.45) is 1.10. The second-order valence-corrected chi connectivity index (χ2v) is 6.52. The molecule has 0 aliphatic rings. The van der Waals surface area contributed by atoms with Crippen molar-refractivity contribution in [2.75, 3.05) is 31.2 Å². The molecule has 112 valence electrons. The number of aliphatic hydroxyl groups is 1. The fourth-order valence-electron chi connectivity index (χ4n) is 1.17. The van der Waals surface area contributed by atoms with Gasteiger partial charge in [0, 0.05) is 37.3 Å². The van der Waals surface area contributed by atoms with Crippen molar-refractivity contribution in [1.29, 1.82) is 0 Å². The smallest absolute Gasteiger partial charge is 0.225 e. The Morgan fingerprint density at radius 1 is 1.11 bits per heavy atom. The van der Waals surface area contributed by atoms with Crippen molar-refractivity contribution in [3.63, 3.8) is 0 Å². The van der Waals surface area contributed by atoms with Crippen LogP contribution in [-0.2, 0) is 9.59 Å². The van der Waals surface area contributed by atoms with Gasteiger partial charge >= 0.3 is 0 Å². The van der Waals surface area contributed by atoms with E-state index in [9.17, 15) is 9.59 Å². The zero-order valence-electron chi connectivity index (χ0n) is 12.1. The number of nitrogens with one attached hydrogen (secondary N) is 2. The van der Waals surface area contributed by atoms with E-state index in [1.165, 1.54) is 0 Å². The first-order valence-electron chi connectivity index (χ1n) is 6.61. The Morgan fingerprint density at radius 2 is 1.79 bits per heavy atom.